The zero-order valence-corrected chi connectivity index (χ0v) is 12.7. The molecule has 24 heavy (non-hydrogen) atoms. The maximum absolute atomic E-state index is 12.1. The Kier molecular flexibility index (Phi) is 5.78. The Morgan fingerprint density at radius 3 is 2.33 bits per heavy atom. The summed E-state index contributed by atoms with van der Waals surface area (Å²) in [6.07, 6.45) is 2.79. The van der Waals surface area contributed by atoms with E-state index in [0.717, 1.165) is 0 Å². The Hall–Kier alpha value is -3.02. The van der Waals surface area contributed by atoms with Crippen LogP contribution in [-0.2, 0) is 4.74 Å². The molecule has 124 valence electrons. The van der Waals surface area contributed by atoms with Gasteiger partial charge in [0, 0.05) is 5.56 Å². The molecule has 0 amide bonds. The third kappa shape index (κ3) is 4.49. The molecule has 0 aliphatic heterocycles. The molecule has 0 aromatic heterocycles. The Labute approximate surface area is 137 Å². The molecule has 0 saturated heterocycles. The second-order valence-electron chi connectivity index (χ2n) is 4.68. The number of hydrogen-bond acceptors (Lipinski definition) is 4. The van der Waals surface area contributed by atoms with Gasteiger partial charge < -0.3 is 9.47 Å². The van der Waals surface area contributed by atoms with Gasteiger partial charge in [0.1, 0.15) is 5.75 Å². The molecule has 0 spiro atoms. The molecule has 0 N–H and O–H groups in total. The standard InChI is InChI=1S/C18H14F2O4/c1-23-17(22)15-5-3-2-4-12(15)8-11-16(21)13-6-9-14(10-7-13)24-18(19)20/h2-11,18H,1H3/b11-8+. The quantitative estimate of drug-likeness (QED) is 0.456. The first-order valence-electron chi connectivity index (χ1n) is 6.96. The van der Waals surface area contributed by atoms with Crippen LogP contribution in [-0.4, -0.2) is 25.5 Å². The van der Waals surface area contributed by atoms with Crippen molar-refractivity contribution in [2.24, 2.45) is 0 Å². The zero-order valence-electron chi connectivity index (χ0n) is 12.7. The van der Waals surface area contributed by atoms with Crippen molar-refractivity contribution < 1.29 is 27.8 Å². The highest BCUT2D eigenvalue weighted by Gasteiger charge is 2.10. The van der Waals surface area contributed by atoms with Gasteiger partial charge in [-0.1, -0.05) is 24.3 Å². The van der Waals surface area contributed by atoms with Gasteiger partial charge in [0.2, 0.25) is 0 Å². The molecular formula is C18H14F2O4. The number of rotatable bonds is 6. The molecule has 0 bridgehead atoms. The second-order valence-corrected chi connectivity index (χ2v) is 4.68. The third-order valence-electron chi connectivity index (χ3n) is 3.14. The van der Waals surface area contributed by atoms with E-state index in [0.29, 0.717) is 16.7 Å². The van der Waals surface area contributed by atoms with Crippen LogP contribution >= 0.6 is 0 Å². The minimum atomic E-state index is -2.92. The molecule has 0 aliphatic carbocycles. The monoisotopic (exact) mass is 332 g/mol. The number of benzene rings is 2. The number of alkyl halides is 2. The molecule has 0 fully saturated rings. The lowest BCUT2D eigenvalue weighted by Gasteiger charge is -2.05. The van der Waals surface area contributed by atoms with Crippen molar-refractivity contribution in [3.05, 3.63) is 71.3 Å². The van der Waals surface area contributed by atoms with E-state index < -0.39 is 12.6 Å². The topological polar surface area (TPSA) is 52.6 Å². The fourth-order valence-electron chi connectivity index (χ4n) is 2.00. The largest absolute Gasteiger partial charge is 0.465 e. The molecule has 6 heteroatoms. The van der Waals surface area contributed by atoms with Gasteiger partial charge in [-0.15, -0.1) is 0 Å². The summed E-state index contributed by atoms with van der Waals surface area (Å²) in [5.74, 6) is -0.865. The highest BCUT2D eigenvalue weighted by atomic mass is 19.3. The smallest absolute Gasteiger partial charge is 0.387 e. The molecule has 2 rings (SSSR count). The van der Waals surface area contributed by atoms with E-state index in [1.807, 2.05) is 0 Å². The first-order chi connectivity index (χ1) is 11.5. The lowest BCUT2D eigenvalue weighted by atomic mass is 10.1. The van der Waals surface area contributed by atoms with Gasteiger partial charge in [0.15, 0.2) is 5.78 Å². The normalized spacial score (nSPS) is 10.8. The predicted molar refractivity (Wildman–Crippen MR) is 84.2 cm³/mol. The van der Waals surface area contributed by atoms with Crippen LogP contribution in [0.3, 0.4) is 0 Å². The van der Waals surface area contributed by atoms with E-state index in [2.05, 4.69) is 9.47 Å². The highest BCUT2D eigenvalue weighted by Crippen LogP contribution is 2.16. The average Bonchev–Trinajstić information content (AvgIpc) is 2.59. The van der Waals surface area contributed by atoms with Crippen LogP contribution in [0.15, 0.2) is 54.6 Å². The summed E-state index contributed by atoms with van der Waals surface area (Å²) < 4.78 is 33.1. The minimum Gasteiger partial charge on any atom is -0.465 e. The highest BCUT2D eigenvalue weighted by molar-refractivity contribution is 6.07. The summed E-state index contributed by atoms with van der Waals surface area (Å²) in [5, 5.41) is 0. The van der Waals surface area contributed by atoms with E-state index in [1.54, 1.807) is 24.3 Å². The SMILES string of the molecule is COC(=O)c1ccccc1/C=C/C(=O)c1ccc(OC(F)F)cc1. The Morgan fingerprint density at radius 2 is 1.71 bits per heavy atom. The van der Waals surface area contributed by atoms with Gasteiger partial charge in [-0.3, -0.25) is 4.79 Å². The molecule has 0 heterocycles. The predicted octanol–water partition coefficient (Wildman–Crippen LogP) is 3.97. The maximum Gasteiger partial charge on any atom is 0.387 e. The summed E-state index contributed by atoms with van der Waals surface area (Å²) in [4.78, 5) is 23.8. The van der Waals surface area contributed by atoms with Crippen molar-refractivity contribution in [2.45, 2.75) is 6.61 Å². The van der Waals surface area contributed by atoms with Crippen LogP contribution in [0.4, 0.5) is 8.78 Å². The fourth-order valence-corrected chi connectivity index (χ4v) is 2.00. The molecule has 0 saturated carbocycles. The summed E-state index contributed by atoms with van der Waals surface area (Å²) in [5.41, 5.74) is 1.18. The van der Waals surface area contributed by atoms with Gasteiger partial charge in [-0.2, -0.15) is 8.78 Å². The van der Waals surface area contributed by atoms with Crippen LogP contribution in [0.2, 0.25) is 0 Å². The van der Waals surface area contributed by atoms with Crippen LogP contribution in [0.1, 0.15) is 26.3 Å². The Morgan fingerprint density at radius 1 is 1.04 bits per heavy atom. The Bertz CT molecular complexity index is 752. The molecule has 0 aliphatic rings. The van der Waals surface area contributed by atoms with Crippen molar-refractivity contribution in [2.75, 3.05) is 7.11 Å². The van der Waals surface area contributed by atoms with E-state index >= 15 is 0 Å². The van der Waals surface area contributed by atoms with Crippen molar-refractivity contribution in [3.8, 4) is 5.75 Å². The number of allylic oxidation sites excluding steroid dienone is 1. The number of carbonyl (C=O) groups is 2. The van der Waals surface area contributed by atoms with Crippen LogP contribution in [0.25, 0.3) is 6.08 Å². The van der Waals surface area contributed by atoms with Gasteiger partial charge in [-0.05, 0) is 42.0 Å². The molecule has 0 atom stereocenters. The number of ether oxygens (including phenoxy) is 2. The van der Waals surface area contributed by atoms with E-state index in [4.69, 9.17) is 0 Å². The number of hydrogen-bond donors (Lipinski definition) is 0. The lowest BCUT2D eigenvalue weighted by molar-refractivity contribution is -0.0498. The molecule has 0 radical (unpaired) electrons. The van der Waals surface area contributed by atoms with Crippen molar-refractivity contribution >= 4 is 17.8 Å². The number of methoxy groups -OCH3 is 1. The summed E-state index contributed by atoms with van der Waals surface area (Å²) in [6, 6.07) is 12.0. The minimum absolute atomic E-state index is 0.0263. The van der Waals surface area contributed by atoms with Crippen molar-refractivity contribution in [1.82, 2.24) is 0 Å². The van der Waals surface area contributed by atoms with Gasteiger partial charge in [0.05, 0.1) is 12.7 Å². The third-order valence-corrected chi connectivity index (χ3v) is 3.14. The summed E-state index contributed by atoms with van der Waals surface area (Å²) >= 11 is 0. The van der Waals surface area contributed by atoms with Gasteiger partial charge >= 0.3 is 12.6 Å². The van der Waals surface area contributed by atoms with Crippen LogP contribution in [0.5, 0.6) is 5.75 Å². The zero-order chi connectivity index (χ0) is 17.5. The fraction of sp³-hybridized carbons (Fsp3) is 0.111. The van der Waals surface area contributed by atoms with Crippen molar-refractivity contribution in [1.29, 1.82) is 0 Å². The number of carbonyl (C=O) groups excluding carboxylic acids is 2. The van der Waals surface area contributed by atoms with Gasteiger partial charge in [0.25, 0.3) is 0 Å². The lowest BCUT2D eigenvalue weighted by Crippen LogP contribution is -2.03. The van der Waals surface area contributed by atoms with Crippen molar-refractivity contribution in [3.63, 3.8) is 0 Å². The summed E-state index contributed by atoms with van der Waals surface area (Å²) in [7, 11) is 1.27. The molecular weight excluding hydrogens is 318 g/mol. The summed E-state index contributed by atoms with van der Waals surface area (Å²) in [6.45, 7) is -2.92. The van der Waals surface area contributed by atoms with Crippen LogP contribution in [0, 0.1) is 0 Å². The molecule has 0 unspecified atom stereocenters. The van der Waals surface area contributed by atoms with E-state index in [1.165, 1.54) is 43.5 Å². The molecule has 2 aromatic rings. The van der Waals surface area contributed by atoms with E-state index in [-0.39, 0.29) is 11.5 Å². The first-order valence-corrected chi connectivity index (χ1v) is 6.96. The number of ketones is 1. The first kappa shape index (κ1) is 17.3. The molecule has 4 nitrogen and oxygen atoms in total. The number of esters is 1. The van der Waals surface area contributed by atoms with Gasteiger partial charge in [-0.25, -0.2) is 4.79 Å². The number of halogens is 2. The molecule has 2 aromatic carbocycles. The average molecular weight is 332 g/mol. The second kappa shape index (κ2) is 8.01. The Balaban J connectivity index is 2.15. The van der Waals surface area contributed by atoms with E-state index in [9.17, 15) is 18.4 Å². The maximum atomic E-state index is 12.1. The van der Waals surface area contributed by atoms with Crippen LogP contribution < -0.4 is 4.74 Å².